The second-order valence-electron chi connectivity index (χ2n) is 5.74. The summed E-state index contributed by atoms with van der Waals surface area (Å²) < 4.78 is 0. The van der Waals surface area contributed by atoms with E-state index in [4.69, 9.17) is 0 Å². The maximum atomic E-state index is 12.0. The number of amides is 1. The Kier molecular flexibility index (Phi) is 11.7. The van der Waals surface area contributed by atoms with Crippen molar-refractivity contribution in [1.29, 1.82) is 0 Å². The van der Waals surface area contributed by atoms with E-state index in [1.165, 1.54) is 12.8 Å². The molecule has 0 spiro atoms. The van der Waals surface area contributed by atoms with Crippen LogP contribution in [0.25, 0.3) is 0 Å². The highest BCUT2D eigenvalue weighted by atomic mass is 35.5. The van der Waals surface area contributed by atoms with Crippen LogP contribution in [0.4, 0.5) is 0 Å². The monoisotopic (exact) mass is 322 g/mol. The summed E-state index contributed by atoms with van der Waals surface area (Å²) in [4.78, 5) is 12.0. The molecular formula is C15H31ClN2OS. The molecule has 1 fully saturated rings. The topological polar surface area (TPSA) is 41.1 Å². The third kappa shape index (κ3) is 8.38. The average molecular weight is 323 g/mol. The van der Waals surface area contributed by atoms with E-state index in [1.54, 1.807) is 0 Å². The van der Waals surface area contributed by atoms with Crippen LogP contribution in [0.5, 0.6) is 0 Å². The van der Waals surface area contributed by atoms with Crippen molar-refractivity contribution in [2.45, 2.75) is 52.5 Å². The van der Waals surface area contributed by atoms with Gasteiger partial charge in [0.1, 0.15) is 0 Å². The van der Waals surface area contributed by atoms with E-state index in [1.807, 2.05) is 11.8 Å². The molecule has 3 atom stereocenters. The van der Waals surface area contributed by atoms with Crippen molar-refractivity contribution in [3.63, 3.8) is 0 Å². The standard InChI is InChI=1S/C15H30N2OS.ClH/c1-4-19-9-7-13(3)17-15(18)10-12(2)14-6-5-8-16-11-14;/h12-14,16H,4-11H2,1-3H3,(H,17,18);1H. The zero-order valence-corrected chi connectivity index (χ0v) is 14.7. The van der Waals surface area contributed by atoms with Crippen molar-refractivity contribution in [3.8, 4) is 0 Å². The molecule has 0 aliphatic carbocycles. The van der Waals surface area contributed by atoms with Crippen LogP contribution < -0.4 is 10.6 Å². The molecule has 0 bridgehead atoms. The highest BCUT2D eigenvalue weighted by Gasteiger charge is 2.22. The van der Waals surface area contributed by atoms with Crippen molar-refractivity contribution in [1.82, 2.24) is 10.6 Å². The molecule has 1 saturated heterocycles. The molecule has 1 amide bonds. The number of halogens is 1. The fourth-order valence-electron chi connectivity index (χ4n) is 2.63. The van der Waals surface area contributed by atoms with Crippen molar-refractivity contribution in [2.75, 3.05) is 24.6 Å². The van der Waals surface area contributed by atoms with Crippen molar-refractivity contribution >= 4 is 30.1 Å². The second kappa shape index (κ2) is 11.7. The van der Waals surface area contributed by atoms with Crippen molar-refractivity contribution < 1.29 is 4.79 Å². The van der Waals surface area contributed by atoms with E-state index in [0.29, 0.717) is 24.3 Å². The van der Waals surface area contributed by atoms with Gasteiger partial charge in [0.25, 0.3) is 0 Å². The SMILES string of the molecule is CCSCCC(C)NC(=O)CC(C)C1CCCNC1.Cl. The molecular weight excluding hydrogens is 292 g/mol. The smallest absolute Gasteiger partial charge is 0.220 e. The van der Waals surface area contributed by atoms with Crippen LogP contribution in [-0.4, -0.2) is 36.5 Å². The maximum absolute atomic E-state index is 12.0. The van der Waals surface area contributed by atoms with E-state index >= 15 is 0 Å². The van der Waals surface area contributed by atoms with Gasteiger partial charge in [-0.05, 0) is 62.6 Å². The molecule has 0 radical (unpaired) electrons. The minimum atomic E-state index is 0. The predicted molar refractivity (Wildman–Crippen MR) is 91.8 cm³/mol. The number of rotatable bonds is 8. The van der Waals surface area contributed by atoms with Gasteiger partial charge in [-0.1, -0.05) is 13.8 Å². The Labute approximate surface area is 134 Å². The van der Waals surface area contributed by atoms with Crippen molar-refractivity contribution in [3.05, 3.63) is 0 Å². The summed E-state index contributed by atoms with van der Waals surface area (Å²) in [5.74, 6) is 3.69. The first-order valence-electron chi connectivity index (χ1n) is 7.71. The number of carbonyl (C=O) groups is 1. The number of hydrogen-bond donors (Lipinski definition) is 2. The minimum Gasteiger partial charge on any atom is -0.354 e. The normalized spacial score (nSPS) is 21.6. The molecule has 120 valence electrons. The summed E-state index contributed by atoms with van der Waals surface area (Å²) in [6.45, 7) is 8.72. The fraction of sp³-hybridized carbons (Fsp3) is 0.933. The molecule has 3 unspecified atom stereocenters. The van der Waals surface area contributed by atoms with E-state index in [9.17, 15) is 4.79 Å². The third-order valence-electron chi connectivity index (χ3n) is 3.95. The Hall–Kier alpha value is 0.0700. The maximum Gasteiger partial charge on any atom is 0.220 e. The van der Waals surface area contributed by atoms with Crippen LogP contribution in [0.3, 0.4) is 0 Å². The zero-order valence-electron chi connectivity index (χ0n) is 13.1. The van der Waals surface area contributed by atoms with Crippen LogP contribution >= 0.6 is 24.2 Å². The highest BCUT2D eigenvalue weighted by Crippen LogP contribution is 2.22. The lowest BCUT2D eigenvalue weighted by Gasteiger charge is -2.28. The van der Waals surface area contributed by atoms with Gasteiger partial charge in [0.05, 0.1) is 0 Å². The summed E-state index contributed by atoms with van der Waals surface area (Å²) in [5, 5.41) is 6.57. The van der Waals surface area contributed by atoms with Gasteiger partial charge in [0.15, 0.2) is 0 Å². The van der Waals surface area contributed by atoms with Gasteiger partial charge >= 0.3 is 0 Å². The van der Waals surface area contributed by atoms with Gasteiger partial charge in [-0.25, -0.2) is 0 Å². The van der Waals surface area contributed by atoms with Gasteiger partial charge in [0.2, 0.25) is 5.91 Å². The quantitative estimate of drug-likeness (QED) is 0.675. The zero-order chi connectivity index (χ0) is 14.1. The van der Waals surface area contributed by atoms with E-state index < -0.39 is 0 Å². The second-order valence-corrected chi connectivity index (χ2v) is 7.14. The average Bonchev–Trinajstić information content (AvgIpc) is 2.39. The molecule has 0 aromatic carbocycles. The number of nitrogens with one attached hydrogen (secondary N) is 2. The van der Waals surface area contributed by atoms with Crippen LogP contribution in [0, 0.1) is 11.8 Å². The van der Waals surface area contributed by atoms with Gasteiger partial charge in [-0.15, -0.1) is 12.4 Å². The Balaban J connectivity index is 0.00000361. The van der Waals surface area contributed by atoms with E-state index in [2.05, 4.69) is 31.4 Å². The summed E-state index contributed by atoms with van der Waals surface area (Å²) in [6, 6.07) is 0.309. The van der Waals surface area contributed by atoms with E-state index in [-0.39, 0.29) is 18.3 Å². The van der Waals surface area contributed by atoms with Gasteiger partial charge in [0, 0.05) is 12.5 Å². The van der Waals surface area contributed by atoms with Gasteiger partial charge in [-0.2, -0.15) is 11.8 Å². The Morgan fingerprint density at radius 3 is 2.80 bits per heavy atom. The molecule has 20 heavy (non-hydrogen) atoms. The number of hydrogen-bond acceptors (Lipinski definition) is 3. The number of thioether (sulfide) groups is 1. The predicted octanol–water partition coefficient (Wildman–Crippen LogP) is 3.08. The van der Waals surface area contributed by atoms with Crippen LogP contribution in [0.15, 0.2) is 0 Å². The van der Waals surface area contributed by atoms with Crippen LogP contribution in [0.1, 0.15) is 46.5 Å². The first kappa shape index (κ1) is 20.1. The summed E-state index contributed by atoms with van der Waals surface area (Å²) in [5.41, 5.74) is 0. The molecule has 1 aliphatic heterocycles. The lowest BCUT2D eigenvalue weighted by molar-refractivity contribution is -0.122. The Morgan fingerprint density at radius 2 is 2.20 bits per heavy atom. The number of carbonyl (C=O) groups excluding carboxylic acids is 1. The lowest BCUT2D eigenvalue weighted by Crippen LogP contribution is -2.38. The molecule has 3 nitrogen and oxygen atoms in total. The fourth-order valence-corrected chi connectivity index (χ4v) is 3.44. The summed E-state index contributed by atoms with van der Waals surface area (Å²) in [6.07, 6.45) is 4.27. The molecule has 0 aromatic rings. The number of piperidine rings is 1. The molecule has 1 aliphatic rings. The lowest BCUT2D eigenvalue weighted by atomic mass is 9.85. The summed E-state index contributed by atoms with van der Waals surface area (Å²) in [7, 11) is 0. The Morgan fingerprint density at radius 1 is 1.45 bits per heavy atom. The van der Waals surface area contributed by atoms with Crippen molar-refractivity contribution in [2.24, 2.45) is 11.8 Å². The third-order valence-corrected chi connectivity index (χ3v) is 4.89. The molecule has 1 heterocycles. The molecule has 0 saturated carbocycles. The highest BCUT2D eigenvalue weighted by molar-refractivity contribution is 7.99. The van der Waals surface area contributed by atoms with Crippen LogP contribution in [-0.2, 0) is 4.79 Å². The molecule has 1 rings (SSSR count). The largest absolute Gasteiger partial charge is 0.354 e. The molecule has 5 heteroatoms. The van der Waals surface area contributed by atoms with Crippen LogP contribution in [0.2, 0.25) is 0 Å². The molecule has 0 aromatic heterocycles. The van der Waals surface area contributed by atoms with Gasteiger partial charge < -0.3 is 10.6 Å². The first-order valence-corrected chi connectivity index (χ1v) is 8.86. The molecule has 2 N–H and O–H groups in total. The van der Waals surface area contributed by atoms with E-state index in [0.717, 1.165) is 31.0 Å². The first-order chi connectivity index (χ1) is 9.13. The summed E-state index contributed by atoms with van der Waals surface area (Å²) >= 11 is 1.94. The van der Waals surface area contributed by atoms with Gasteiger partial charge in [-0.3, -0.25) is 4.79 Å². The Bertz CT molecular complexity index is 260. The minimum absolute atomic E-state index is 0.